The summed E-state index contributed by atoms with van der Waals surface area (Å²) in [5.74, 6) is 0.886. The van der Waals surface area contributed by atoms with E-state index in [0.717, 1.165) is 31.3 Å². The van der Waals surface area contributed by atoms with E-state index in [4.69, 9.17) is 4.18 Å². The number of benzene rings is 2. The Hall–Kier alpha value is -2.31. The predicted octanol–water partition coefficient (Wildman–Crippen LogP) is 5.72. The molecule has 3 aromatic rings. The molecule has 1 saturated heterocycles. The molecule has 1 saturated carbocycles. The van der Waals surface area contributed by atoms with Gasteiger partial charge in [-0.3, -0.25) is 0 Å². The molecular weight excluding hydrogens is 420 g/mol. The largest absolute Gasteiger partial charge is 0.379 e. The molecule has 2 heterocycles. The average Bonchev–Trinajstić information content (AvgIpc) is 3.19. The molecule has 1 aliphatic heterocycles. The number of hydrogen-bond acceptors (Lipinski definition) is 4. The molecule has 1 aliphatic carbocycles. The molecule has 6 heteroatoms. The van der Waals surface area contributed by atoms with Gasteiger partial charge in [-0.05, 0) is 87.6 Å². The third kappa shape index (κ3) is 4.30. The Morgan fingerprint density at radius 2 is 1.62 bits per heavy atom. The summed E-state index contributed by atoms with van der Waals surface area (Å²) in [7, 11) is -1.67. The van der Waals surface area contributed by atoms with Gasteiger partial charge in [0, 0.05) is 23.1 Å². The standard InChI is InChI=1S/C26H32N2O3S/c1-27-16-14-20(15-17-27)25-19-28(21-8-4-2-5-9-21)26-13-12-22(18-24(25)26)31-32(29,30)23-10-6-3-7-11-23/h3,6-7,10-13,18-21H,2,4-5,8-9,14-17H2,1H3. The van der Waals surface area contributed by atoms with Crippen molar-refractivity contribution in [2.24, 2.45) is 0 Å². The minimum atomic E-state index is -3.85. The van der Waals surface area contributed by atoms with Crippen LogP contribution in [0.1, 0.15) is 62.5 Å². The van der Waals surface area contributed by atoms with Crippen molar-refractivity contribution in [1.82, 2.24) is 9.47 Å². The first-order valence-corrected chi connectivity index (χ1v) is 13.2. The van der Waals surface area contributed by atoms with Gasteiger partial charge in [-0.15, -0.1) is 0 Å². The van der Waals surface area contributed by atoms with E-state index in [-0.39, 0.29) is 4.90 Å². The summed E-state index contributed by atoms with van der Waals surface area (Å²) in [5, 5.41) is 1.14. The zero-order valence-corrected chi connectivity index (χ0v) is 19.6. The summed E-state index contributed by atoms with van der Waals surface area (Å²) >= 11 is 0. The van der Waals surface area contributed by atoms with Gasteiger partial charge in [-0.1, -0.05) is 37.5 Å². The van der Waals surface area contributed by atoms with Crippen LogP contribution in [0.25, 0.3) is 10.9 Å². The second-order valence-electron chi connectivity index (χ2n) is 9.39. The molecule has 5 nitrogen and oxygen atoms in total. The van der Waals surface area contributed by atoms with Crippen LogP contribution in [0.5, 0.6) is 5.75 Å². The molecule has 0 N–H and O–H groups in total. The lowest BCUT2D eigenvalue weighted by Gasteiger charge is -2.29. The normalized spacial score (nSPS) is 19.4. The number of piperidine rings is 1. The highest BCUT2D eigenvalue weighted by Gasteiger charge is 2.26. The van der Waals surface area contributed by atoms with Crippen LogP contribution < -0.4 is 4.18 Å². The highest BCUT2D eigenvalue weighted by molar-refractivity contribution is 7.87. The summed E-state index contributed by atoms with van der Waals surface area (Å²) in [5.41, 5.74) is 2.55. The van der Waals surface area contributed by atoms with E-state index >= 15 is 0 Å². The quantitative estimate of drug-likeness (QED) is 0.464. The smallest absolute Gasteiger partial charge is 0.339 e. The maximum absolute atomic E-state index is 12.8. The molecule has 2 fully saturated rings. The first-order chi connectivity index (χ1) is 15.5. The van der Waals surface area contributed by atoms with Crippen molar-refractivity contribution >= 4 is 21.0 Å². The molecule has 32 heavy (non-hydrogen) atoms. The van der Waals surface area contributed by atoms with Crippen LogP contribution in [0.15, 0.2) is 59.6 Å². The van der Waals surface area contributed by atoms with Gasteiger partial charge in [0.15, 0.2) is 0 Å². The third-order valence-corrected chi connectivity index (χ3v) is 8.46. The van der Waals surface area contributed by atoms with E-state index in [2.05, 4.69) is 28.8 Å². The lowest BCUT2D eigenvalue weighted by Crippen LogP contribution is -2.29. The highest BCUT2D eigenvalue weighted by Crippen LogP contribution is 2.40. The Kier molecular flexibility index (Phi) is 5.99. The summed E-state index contributed by atoms with van der Waals surface area (Å²) in [4.78, 5) is 2.56. The Bertz CT molecular complexity index is 1170. The first kappa shape index (κ1) is 21.5. The fourth-order valence-electron chi connectivity index (χ4n) is 5.38. The van der Waals surface area contributed by atoms with Crippen LogP contribution in [0.4, 0.5) is 0 Å². The molecule has 0 amide bonds. The van der Waals surface area contributed by atoms with E-state index in [1.165, 1.54) is 43.2 Å². The number of hydrogen-bond donors (Lipinski definition) is 0. The van der Waals surface area contributed by atoms with Crippen molar-refractivity contribution < 1.29 is 12.6 Å². The summed E-state index contributed by atoms with van der Waals surface area (Å²) in [6.45, 7) is 2.19. The van der Waals surface area contributed by atoms with Gasteiger partial charge in [-0.25, -0.2) is 0 Å². The van der Waals surface area contributed by atoms with E-state index in [1.54, 1.807) is 36.4 Å². The minimum Gasteiger partial charge on any atom is -0.379 e. The van der Waals surface area contributed by atoms with Gasteiger partial charge in [0.25, 0.3) is 0 Å². The fourth-order valence-corrected chi connectivity index (χ4v) is 6.32. The lowest BCUT2D eigenvalue weighted by atomic mass is 9.89. The van der Waals surface area contributed by atoms with Gasteiger partial charge in [-0.2, -0.15) is 8.42 Å². The summed E-state index contributed by atoms with van der Waals surface area (Å²) in [6, 6.07) is 14.7. The van der Waals surface area contributed by atoms with Crippen LogP contribution in [-0.4, -0.2) is 38.0 Å². The topological polar surface area (TPSA) is 51.5 Å². The Morgan fingerprint density at radius 3 is 2.34 bits per heavy atom. The first-order valence-electron chi connectivity index (χ1n) is 11.8. The monoisotopic (exact) mass is 452 g/mol. The van der Waals surface area contributed by atoms with Crippen molar-refractivity contribution in [2.45, 2.75) is 61.8 Å². The molecule has 2 aromatic carbocycles. The zero-order chi connectivity index (χ0) is 22.1. The van der Waals surface area contributed by atoms with Crippen LogP contribution >= 0.6 is 0 Å². The predicted molar refractivity (Wildman–Crippen MR) is 128 cm³/mol. The van der Waals surface area contributed by atoms with E-state index in [0.29, 0.717) is 17.7 Å². The number of nitrogens with zero attached hydrogens (tertiary/aromatic N) is 2. The second kappa shape index (κ2) is 8.91. The van der Waals surface area contributed by atoms with E-state index in [9.17, 15) is 8.42 Å². The Morgan fingerprint density at radius 1 is 0.906 bits per heavy atom. The fraction of sp³-hybridized carbons (Fsp3) is 0.462. The molecular formula is C26H32N2O3S. The maximum Gasteiger partial charge on any atom is 0.339 e. The van der Waals surface area contributed by atoms with Crippen molar-refractivity contribution in [1.29, 1.82) is 0 Å². The average molecular weight is 453 g/mol. The van der Waals surface area contributed by atoms with Gasteiger partial charge < -0.3 is 13.7 Å². The SMILES string of the molecule is CN1CCC(c2cn(C3CCCCC3)c3ccc(OS(=O)(=O)c4ccccc4)cc23)CC1. The van der Waals surface area contributed by atoms with Crippen molar-refractivity contribution in [3.8, 4) is 5.75 Å². The second-order valence-corrected chi connectivity index (χ2v) is 10.9. The molecule has 0 spiro atoms. The molecule has 0 radical (unpaired) electrons. The Balaban J connectivity index is 1.53. The van der Waals surface area contributed by atoms with E-state index in [1.807, 2.05) is 6.07 Å². The highest BCUT2D eigenvalue weighted by atomic mass is 32.2. The molecule has 170 valence electrons. The van der Waals surface area contributed by atoms with Crippen molar-refractivity contribution in [3.63, 3.8) is 0 Å². The zero-order valence-electron chi connectivity index (χ0n) is 18.7. The molecule has 5 rings (SSSR count). The van der Waals surface area contributed by atoms with Crippen molar-refractivity contribution in [2.75, 3.05) is 20.1 Å². The van der Waals surface area contributed by atoms with Gasteiger partial charge in [0.1, 0.15) is 10.6 Å². The van der Waals surface area contributed by atoms with Crippen LogP contribution in [-0.2, 0) is 10.1 Å². The minimum absolute atomic E-state index is 0.176. The molecule has 0 atom stereocenters. The summed E-state index contributed by atoms with van der Waals surface area (Å²) in [6.07, 6.45) is 11.0. The summed E-state index contributed by atoms with van der Waals surface area (Å²) < 4.78 is 33.6. The molecule has 1 aromatic heterocycles. The number of likely N-dealkylation sites (tertiary alicyclic amines) is 1. The van der Waals surface area contributed by atoms with Gasteiger partial charge in [0.05, 0.1) is 0 Å². The van der Waals surface area contributed by atoms with E-state index < -0.39 is 10.1 Å². The molecule has 0 unspecified atom stereocenters. The van der Waals surface area contributed by atoms with Crippen molar-refractivity contribution in [3.05, 3.63) is 60.3 Å². The van der Waals surface area contributed by atoms with Crippen LogP contribution in [0.3, 0.4) is 0 Å². The molecule has 0 bridgehead atoms. The lowest BCUT2D eigenvalue weighted by molar-refractivity contribution is 0.255. The Labute approximate surface area is 191 Å². The maximum atomic E-state index is 12.8. The number of fused-ring (bicyclic) bond motifs is 1. The number of rotatable bonds is 5. The van der Waals surface area contributed by atoms with Gasteiger partial charge in [0.2, 0.25) is 0 Å². The van der Waals surface area contributed by atoms with Crippen LogP contribution in [0.2, 0.25) is 0 Å². The number of aromatic nitrogens is 1. The third-order valence-electron chi connectivity index (χ3n) is 7.20. The van der Waals surface area contributed by atoms with Crippen LogP contribution in [0, 0.1) is 0 Å². The van der Waals surface area contributed by atoms with Gasteiger partial charge >= 0.3 is 10.1 Å². The molecule has 2 aliphatic rings.